The lowest BCUT2D eigenvalue weighted by Crippen LogP contribution is -2.47. The number of carbonyl (C=O) groups is 1. The molecule has 3 rings (SSSR count). The minimum absolute atomic E-state index is 0.106. The van der Waals surface area contributed by atoms with Crippen LogP contribution in [0.4, 0.5) is 32.0 Å². The Morgan fingerprint density at radius 1 is 1.25 bits per heavy atom. The number of sulfone groups is 1. The van der Waals surface area contributed by atoms with Crippen LogP contribution in [0.5, 0.6) is 5.75 Å². The van der Waals surface area contributed by atoms with Gasteiger partial charge in [-0.2, -0.15) is 22.0 Å². The number of carbonyl (C=O) groups excluding carboxylic acids is 1. The second-order valence-corrected chi connectivity index (χ2v) is 10.5. The van der Waals surface area contributed by atoms with Crippen LogP contribution in [-0.2, 0) is 19.4 Å². The van der Waals surface area contributed by atoms with E-state index in [0.29, 0.717) is 0 Å². The first kappa shape index (κ1) is 27.7. The summed E-state index contributed by atoms with van der Waals surface area (Å²) >= 11 is 0. The molecule has 1 aromatic carbocycles. The molecule has 0 saturated carbocycles. The zero-order valence-electron chi connectivity index (χ0n) is 19.4. The van der Waals surface area contributed by atoms with Crippen molar-refractivity contribution >= 4 is 21.4 Å². The van der Waals surface area contributed by atoms with E-state index < -0.39 is 68.7 Å². The Morgan fingerprint density at radius 3 is 2.44 bits per heavy atom. The van der Waals surface area contributed by atoms with Gasteiger partial charge in [0.05, 0.1) is 0 Å². The second-order valence-electron chi connectivity index (χ2n) is 8.57. The van der Waals surface area contributed by atoms with Gasteiger partial charge in [0.1, 0.15) is 17.7 Å². The van der Waals surface area contributed by atoms with Gasteiger partial charge < -0.3 is 14.8 Å². The molecular formula is C22H22F6N2O5S. The van der Waals surface area contributed by atoms with E-state index in [4.69, 9.17) is 4.74 Å². The van der Waals surface area contributed by atoms with E-state index in [2.05, 4.69) is 15.0 Å². The van der Waals surface area contributed by atoms with Gasteiger partial charge in [0.2, 0.25) is 0 Å². The highest BCUT2D eigenvalue weighted by atomic mass is 32.2. The number of ether oxygens (including phenoxy) is 2. The predicted molar refractivity (Wildman–Crippen MR) is 115 cm³/mol. The summed E-state index contributed by atoms with van der Waals surface area (Å²) in [6.07, 6.45) is -4.93. The van der Waals surface area contributed by atoms with E-state index in [1.54, 1.807) is 0 Å². The van der Waals surface area contributed by atoms with Crippen LogP contribution in [0.1, 0.15) is 30.9 Å². The van der Waals surface area contributed by atoms with Crippen LogP contribution in [0.15, 0.2) is 35.5 Å². The van der Waals surface area contributed by atoms with Gasteiger partial charge in [-0.1, -0.05) is 13.0 Å². The topological polar surface area (TPSA) is 94.6 Å². The van der Waals surface area contributed by atoms with Crippen LogP contribution in [0.25, 0.3) is 0 Å². The molecule has 7 nitrogen and oxygen atoms in total. The van der Waals surface area contributed by atoms with Crippen LogP contribution >= 0.6 is 0 Å². The van der Waals surface area contributed by atoms with E-state index in [1.165, 1.54) is 6.07 Å². The molecule has 14 heteroatoms. The minimum atomic E-state index is -4.97. The fraction of sp³-hybridized carbons (Fsp3) is 0.455. The minimum Gasteiger partial charge on any atom is -0.434 e. The maximum atomic E-state index is 14.1. The number of rotatable bonds is 6. The summed E-state index contributed by atoms with van der Waals surface area (Å²) in [5.41, 5.74) is -3.65. The van der Waals surface area contributed by atoms with Gasteiger partial charge in [-0.3, -0.25) is 4.79 Å². The van der Waals surface area contributed by atoms with Crippen LogP contribution in [-0.4, -0.2) is 50.1 Å². The van der Waals surface area contributed by atoms with Crippen molar-refractivity contribution in [2.75, 3.05) is 11.6 Å². The monoisotopic (exact) mass is 540 g/mol. The molecule has 0 bridgehead atoms. The maximum absolute atomic E-state index is 14.1. The van der Waals surface area contributed by atoms with Gasteiger partial charge in [0, 0.05) is 41.1 Å². The normalized spacial score (nSPS) is 24.7. The van der Waals surface area contributed by atoms with Crippen molar-refractivity contribution < 1.29 is 49.0 Å². The SMILES string of the molecule is Cc1c(F)ccc([C@@H]2[C@@H](C(=O)Nc3ccnc(S(C)(=O)=O)c3)O[C@](C)(C(F)(F)F)[C@@H]2C)c1OC(F)F. The molecule has 4 atom stereocenters. The van der Waals surface area contributed by atoms with Crippen LogP contribution in [0.2, 0.25) is 0 Å². The summed E-state index contributed by atoms with van der Waals surface area (Å²) in [6, 6.07) is 4.05. The number of hydrogen-bond acceptors (Lipinski definition) is 6. The molecule has 1 amide bonds. The Balaban J connectivity index is 2.11. The fourth-order valence-corrected chi connectivity index (χ4v) is 4.72. The zero-order valence-corrected chi connectivity index (χ0v) is 20.2. The zero-order chi connectivity index (χ0) is 27.2. The molecule has 1 fully saturated rings. The quantitative estimate of drug-likeness (QED) is 0.538. The maximum Gasteiger partial charge on any atom is 0.417 e. The molecule has 36 heavy (non-hydrogen) atoms. The molecule has 0 radical (unpaired) electrons. The number of amides is 1. The molecule has 1 aliphatic rings. The third-order valence-corrected chi connectivity index (χ3v) is 7.23. The smallest absolute Gasteiger partial charge is 0.417 e. The number of pyridine rings is 1. The van der Waals surface area contributed by atoms with Gasteiger partial charge in [-0.25, -0.2) is 17.8 Å². The summed E-state index contributed by atoms with van der Waals surface area (Å²) in [6.45, 7) is -0.464. The molecule has 1 aromatic heterocycles. The predicted octanol–water partition coefficient (Wildman–Crippen LogP) is 4.61. The van der Waals surface area contributed by atoms with E-state index in [-0.39, 0.29) is 16.8 Å². The van der Waals surface area contributed by atoms with Gasteiger partial charge in [-0.15, -0.1) is 0 Å². The van der Waals surface area contributed by atoms with Gasteiger partial charge in [0.15, 0.2) is 20.5 Å². The number of alkyl halides is 5. The molecule has 2 heterocycles. The van der Waals surface area contributed by atoms with Crippen molar-refractivity contribution in [3.8, 4) is 5.75 Å². The van der Waals surface area contributed by atoms with E-state index in [0.717, 1.165) is 51.4 Å². The van der Waals surface area contributed by atoms with Crippen molar-refractivity contribution in [3.63, 3.8) is 0 Å². The Morgan fingerprint density at radius 2 is 1.89 bits per heavy atom. The molecule has 1 aliphatic heterocycles. The average Bonchev–Trinajstić information content (AvgIpc) is 3.03. The Hall–Kier alpha value is -2.87. The third kappa shape index (κ3) is 5.14. The number of nitrogens with zero attached hydrogens (tertiary/aromatic N) is 1. The fourth-order valence-electron chi connectivity index (χ4n) is 4.12. The lowest BCUT2D eigenvalue weighted by molar-refractivity contribution is -0.272. The van der Waals surface area contributed by atoms with Gasteiger partial charge in [0.25, 0.3) is 5.91 Å². The summed E-state index contributed by atoms with van der Waals surface area (Å²) in [5.74, 6) is -5.76. The second kappa shape index (κ2) is 9.54. The lowest BCUT2D eigenvalue weighted by atomic mass is 9.76. The molecule has 0 aliphatic carbocycles. The van der Waals surface area contributed by atoms with Gasteiger partial charge in [-0.05, 0) is 32.0 Å². The van der Waals surface area contributed by atoms with E-state index in [1.807, 2.05) is 0 Å². The Bertz CT molecular complexity index is 1270. The van der Waals surface area contributed by atoms with E-state index >= 15 is 0 Å². The van der Waals surface area contributed by atoms with Crippen molar-refractivity contribution in [2.24, 2.45) is 5.92 Å². The summed E-state index contributed by atoms with van der Waals surface area (Å²) in [7, 11) is -3.77. The lowest BCUT2D eigenvalue weighted by Gasteiger charge is -2.32. The molecule has 0 unspecified atom stereocenters. The van der Waals surface area contributed by atoms with Gasteiger partial charge >= 0.3 is 12.8 Å². The molecule has 0 spiro atoms. The number of benzene rings is 1. The summed E-state index contributed by atoms with van der Waals surface area (Å²) in [4.78, 5) is 16.8. The van der Waals surface area contributed by atoms with Crippen molar-refractivity contribution in [2.45, 2.75) is 56.2 Å². The standard InChI is InChI=1S/C22H22F6N2O5S/c1-10-14(23)6-5-13(17(10)34-20(24)25)16-11(2)21(3,22(26,27)28)35-18(16)19(31)30-12-7-8-29-15(9-12)36(4,32)33/h5-9,11,16,18,20H,1-4H3,(H,29,30,31)/t11-,16-,18+,21+/m1/s1. The Labute approximate surface area is 202 Å². The number of halogens is 6. The number of anilines is 1. The number of nitrogens with one attached hydrogen (secondary N) is 1. The first-order valence-corrected chi connectivity index (χ1v) is 12.3. The Kier molecular flexibility index (Phi) is 7.34. The van der Waals surface area contributed by atoms with Crippen molar-refractivity contribution in [1.29, 1.82) is 0 Å². The summed E-state index contributed by atoms with van der Waals surface area (Å²) in [5, 5.41) is 1.89. The van der Waals surface area contributed by atoms with Crippen LogP contribution in [0.3, 0.4) is 0 Å². The highest BCUT2D eigenvalue weighted by Gasteiger charge is 2.65. The summed E-state index contributed by atoms with van der Waals surface area (Å²) < 4.78 is 116. The first-order chi connectivity index (χ1) is 16.5. The molecule has 1 N–H and O–H groups in total. The van der Waals surface area contributed by atoms with Crippen LogP contribution in [0, 0.1) is 18.7 Å². The average molecular weight is 540 g/mol. The van der Waals surface area contributed by atoms with E-state index in [9.17, 15) is 39.6 Å². The first-order valence-electron chi connectivity index (χ1n) is 10.4. The third-order valence-electron chi connectivity index (χ3n) is 6.25. The highest BCUT2D eigenvalue weighted by Crippen LogP contribution is 2.55. The highest BCUT2D eigenvalue weighted by molar-refractivity contribution is 7.90. The number of aromatic nitrogens is 1. The molecular weight excluding hydrogens is 518 g/mol. The number of hydrogen-bond donors (Lipinski definition) is 1. The molecule has 1 saturated heterocycles. The molecule has 2 aromatic rings. The van der Waals surface area contributed by atoms with Crippen molar-refractivity contribution in [3.05, 3.63) is 47.4 Å². The largest absolute Gasteiger partial charge is 0.434 e. The van der Waals surface area contributed by atoms with Crippen molar-refractivity contribution in [1.82, 2.24) is 4.98 Å². The molecule has 198 valence electrons. The van der Waals surface area contributed by atoms with Crippen LogP contribution < -0.4 is 10.1 Å².